The molecule has 2 amide bonds. The number of pyridine rings is 1. The second kappa shape index (κ2) is 5.64. The van der Waals surface area contributed by atoms with Crippen LogP contribution in [0.15, 0.2) is 18.3 Å². The summed E-state index contributed by atoms with van der Waals surface area (Å²) in [6, 6.07) is 2.55. The molecular weight excluding hydrogens is 253 g/mol. The highest BCUT2D eigenvalue weighted by molar-refractivity contribution is 5.94. The molecule has 7 heteroatoms. The normalized spacial score (nSPS) is 15.3. The number of nitrogens with zero attached hydrogens (tertiary/aromatic N) is 3. The van der Waals surface area contributed by atoms with E-state index < -0.39 is 12.0 Å². The SMILES string of the molecule is COC(=O)N1CCN(C(=O)c2ccc(F)nc2)CC1. The van der Waals surface area contributed by atoms with Gasteiger partial charge in [0.2, 0.25) is 5.95 Å². The molecule has 1 aliphatic heterocycles. The van der Waals surface area contributed by atoms with Crippen molar-refractivity contribution >= 4 is 12.0 Å². The van der Waals surface area contributed by atoms with Crippen LogP contribution in [0.1, 0.15) is 10.4 Å². The number of hydrogen-bond donors (Lipinski definition) is 0. The molecule has 0 atom stereocenters. The molecule has 0 bridgehead atoms. The van der Waals surface area contributed by atoms with E-state index in [-0.39, 0.29) is 5.91 Å². The van der Waals surface area contributed by atoms with Gasteiger partial charge < -0.3 is 14.5 Å². The summed E-state index contributed by atoms with van der Waals surface area (Å²) in [6.45, 7) is 1.69. The van der Waals surface area contributed by atoms with E-state index >= 15 is 0 Å². The number of aromatic nitrogens is 1. The van der Waals surface area contributed by atoms with Gasteiger partial charge in [0.05, 0.1) is 12.7 Å². The second-order valence-electron chi connectivity index (χ2n) is 4.12. The van der Waals surface area contributed by atoms with Crippen LogP contribution in [0, 0.1) is 5.95 Å². The third-order valence-corrected chi connectivity index (χ3v) is 2.97. The maximum atomic E-state index is 12.7. The molecule has 0 unspecified atom stereocenters. The number of rotatable bonds is 1. The van der Waals surface area contributed by atoms with Crippen LogP contribution in [0.3, 0.4) is 0 Å². The highest BCUT2D eigenvalue weighted by Gasteiger charge is 2.25. The predicted octanol–water partition coefficient (Wildman–Crippen LogP) is 0.745. The quantitative estimate of drug-likeness (QED) is 0.704. The first-order valence-corrected chi connectivity index (χ1v) is 5.85. The fraction of sp³-hybridized carbons (Fsp3) is 0.417. The Balaban J connectivity index is 1.96. The van der Waals surface area contributed by atoms with Gasteiger partial charge in [-0.05, 0) is 12.1 Å². The molecule has 0 saturated carbocycles. The van der Waals surface area contributed by atoms with Gasteiger partial charge in [-0.15, -0.1) is 0 Å². The van der Waals surface area contributed by atoms with Crippen LogP contribution in [0.5, 0.6) is 0 Å². The minimum Gasteiger partial charge on any atom is -0.453 e. The summed E-state index contributed by atoms with van der Waals surface area (Å²) < 4.78 is 17.3. The molecule has 0 N–H and O–H groups in total. The molecule has 0 spiro atoms. The largest absolute Gasteiger partial charge is 0.453 e. The van der Waals surface area contributed by atoms with Gasteiger partial charge in [-0.1, -0.05) is 0 Å². The van der Waals surface area contributed by atoms with Gasteiger partial charge in [-0.3, -0.25) is 4.79 Å². The fourth-order valence-corrected chi connectivity index (χ4v) is 1.91. The van der Waals surface area contributed by atoms with Gasteiger partial charge in [0.25, 0.3) is 5.91 Å². The highest BCUT2D eigenvalue weighted by Crippen LogP contribution is 2.09. The van der Waals surface area contributed by atoms with Crippen molar-refractivity contribution in [1.82, 2.24) is 14.8 Å². The molecule has 0 aromatic carbocycles. The average Bonchev–Trinajstić information content (AvgIpc) is 2.46. The number of amides is 2. The summed E-state index contributed by atoms with van der Waals surface area (Å²) >= 11 is 0. The summed E-state index contributed by atoms with van der Waals surface area (Å²) in [5.74, 6) is -0.830. The summed E-state index contributed by atoms with van der Waals surface area (Å²) in [7, 11) is 1.32. The smallest absolute Gasteiger partial charge is 0.409 e. The number of halogens is 1. The van der Waals surface area contributed by atoms with E-state index in [4.69, 9.17) is 0 Å². The molecule has 2 rings (SSSR count). The van der Waals surface area contributed by atoms with Crippen LogP contribution in [0.25, 0.3) is 0 Å². The van der Waals surface area contributed by atoms with Crippen molar-refractivity contribution in [2.75, 3.05) is 33.3 Å². The molecule has 102 valence electrons. The maximum Gasteiger partial charge on any atom is 0.409 e. The number of carbonyl (C=O) groups is 2. The number of carbonyl (C=O) groups excluding carboxylic acids is 2. The Morgan fingerprint density at radius 3 is 2.37 bits per heavy atom. The molecule has 0 radical (unpaired) electrons. The van der Waals surface area contributed by atoms with Crippen molar-refractivity contribution in [3.05, 3.63) is 29.8 Å². The Bertz CT molecular complexity index is 470. The lowest BCUT2D eigenvalue weighted by molar-refractivity contribution is 0.0599. The van der Waals surface area contributed by atoms with E-state index in [1.165, 1.54) is 24.3 Å². The first kappa shape index (κ1) is 13.3. The van der Waals surface area contributed by atoms with Gasteiger partial charge in [0, 0.05) is 32.4 Å². The third kappa shape index (κ3) is 2.98. The Hall–Kier alpha value is -2.18. The van der Waals surface area contributed by atoms with Crippen LogP contribution in [0.4, 0.5) is 9.18 Å². The minimum atomic E-state index is -0.618. The summed E-state index contributed by atoms with van der Waals surface area (Å²) in [4.78, 5) is 30.0. The molecule has 6 nitrogen and oxygen atoms in total. The van der Waals surface area contributed by atoms with Crippen LogP contribution in [-0.4, -0.2) is 60.1 Å². The van der Waals surface area contributed by atoms with E-state index in [0.717, 1.165) is 6.07 Å². The average molecular weight is 267 g/mol. The topological polar surface area (TPSA) is 62.7 Å². The summed E-state index contributed by atoms with van der Waals surface area (Å²) in [5.41, 5.74) is 0.341. The fourth-order valence-electron chi connectivity index (χ4n) is 1.91. The monoisotopic (exact) mass is 267 g/mol. The lowest BCUT2D eigenvalue weighted by Crippen LogP contribution is -2.50. The number of methoxy groups -OCH3 is 1. The Labute approximate surface area is 109 Å². The summed E-state index contributed by atoms with van der Waals surface area (Å²) in [6.07, 6.45) is 0.820. The number of piperazine rings is 1. The van der Waals surface area contributed by atoms with Gasteiger partial charge in [-0.2, -0.15) is 4.39 Å². The van der Waals surface area contributed by atoms with Gasteiger partial charge in [0.1, 0.15) is 0 Å². The molecule has 2 heterocycles. The molecule has 19 heavy (non-hydrogen) atoms. The van der Waals surface area contributed by atoms with Crippen molar-refractivity contribution in [3.63, 3.8) is 0 Å². The van der Waals surface area contributed by atoms with Crippen molar-refractivity contribution in [2.24, 2.45) is 0 Å². The van der Waals surface area contributed by atoms with E-state index in [9.17, 15) is 14.0 Å². The van der Waals surface area contributed by atoms with Gasteiger partial charge >= 0.3 is 6.09 Å². The standard InChI is InChI=1S/C12H14FN3O3/c1-19-12(18)16-6-4-15(5-7-16)11(17)9-2-3-10(13)14-8-9/h2-3,8H,4-7H2,1H3. The Morgan fingerprint density at radius 1 is 1.21 bits per heavy atom. The van der Waals surface area contributed by atoms with Crippen molar-refractivity contribution < 1.29 is 18.7 Å². The number of ether oxygens (including phenoxy) is 1. The van der Waals surface area contributed by atoms with Gasteiger partial charge in [0.15, 0.2) is 0 Å². The summed E-state index contributed by atoms with van der Waals surface area (Å²) in [5, 5.41) is 0. The van der Waals surface area contributed by atoms with Crippen LogP contribution >= 0.6 is 0 Å². The highest BCUT2D eigenvalue weighted by atomic mass is 19.1. The molecule has 1 fully saturated rings. The first-order valence-electron chi connectivity index (χ1n) is 5.85. The minimum absolute atomic E-state index is 0.211. The molecular formula is C12H14FN3O3. The van der Waals surface area contributed by atoms with Crippen molar-refractivity contribution in [3.8, 4) is 0 Å². The Kier molecular flexibility index (Phi) is 3.94. The molecule has 1 aromatic heterocycles. The van der Waals surface area contributed by atoms with E-state index in [0.29, 0.717) is 31.7 Å². The van der Waals surface area contributed by atoms with E-state index in [1.54, 1.807) is 4.90 Å². The van der Waals surface area contributed by atoms with Crippen LogP contribution < -0.4 is 0 Å². The zero-order valence-electron chi connectivity index (χ0n) is 10.5. The molecule has 1 aliphatic rings. The predicted molar refractivity (Wildman–Crippen MR) is 64.1 cm³/mol. The maximum absolute atomic E-state index is 12.7. The van der Waals surface area contributed by atoms with Crippen molar-refractivity contribution in [2.45, 2.75) is 0 Å². The van der Waals surface area contributed by atoms with E-state index in [2.05, 4.69) is 9.72 Å². The molecule has 0 aliphatic carbocycles. The zero-order chi connectivity index (χ0) is 13.8. The number of hydrogen-bond acceptors (Lipinski definition) is 4. The van der Waals surface area contributed by atoms with Crippen LogP contribution in [0.2, 0.25) is 0 Å². The lowest BCUT2D eigenvalue weighted by Gasteiger charge is -2.33. The van der Waals surface area contributed by atoms with E-state index in [1.807, 2.05) is 0 Å². The zero-order valence-corrected chi connectivity index (χ0v) is 10.5. The first-order chi connectivity index (χ1) is 9.11. The molecule has 1 aromatic rings. The third-order valence-electron chi connectivity index (χ3n) is 2.97. The Morgan fingerprint density at radius 2 is 1.84 bits per heavy atom. The lowest BCUT2D eigenvalue weighted by atomic mass is 10.2. The van der Waals surface area contributed by atoms with Crippen molar-refractivity contribution in [1.29, 1.82) is 0 Å². The van der Waals surface area contributed by atoms with Crippen LogP contribution in [-0.2, 0) is 4.74 Å². The molecule has 1 saturated heterocycles. The van der Waals surface area contributed by atoms with Gasteiger partial charge in [-0.25, -0.2) is 9.78 Å². The second-order valence-corrected chi connectivity index (χ2v) is 4.12.